The third-order valence-electron chi connectivity index (χ3n) is 7.00. The zero-order valence-corrected chi connectivity index (χ0v) is 21.5. The number of hydrogen-bond acceptors (Lipinski definition) is 3. The first-order chi connectivity index (χ1) is 13.6. The van der Waals surface area contributed by atoms with Crippen molar-refractivity contribution in [2.45, 2.75) is 108 Å². The van der Waals surface area contributed by atoms with E-state index < -0.39 is 25.7 Å². The number of carbonyl (C=O) groups is 1. The van der Waals surface area contributed by atoms with Crippen molar-refractivity contribution in [3.8, 4) is 0 Å². The summed E-state index contributed by atoms with van der Waals surface area (Å²) in [5.41, 5.74) is 0. The predicted octanol–water partition coefficient (Wildman–Crippen LogP) is 6.89. The molecule has 5 heteroatoms. The van der Waals surface area contributed by atoms with E-state index in [1.165, 1.54) is 23.9 Å². The number of furan rings is 1. The van der Waals surface area contributed by atoms with Gasteiger partial charge in [-0.1, -0.05) is 0 Å². The van der Waals surface area contributed by atoms with E-state index in [0.29, 0.717) is 4.67 Å². The van der Waals surface area contributed by atoms with Gasteiger partial charge in [0.25, 0.3) is 0 Å². The van der Waals surface area contributed by atoms with Crippen molar-refractivity contribution in [3.05, 3.63) is 22.6 Å². The number of carbonyl (C=O) groups excluding carboxylic acids is 1. The van der Waals surface area contributed by atoms with Crippen molar-refractivity contribution in [1.82, 2.24) is 0 Å². The summed E-state index contributed by atoms with van der Waals surface area (Å²) in [6.07, 6.45) is 24.2. The zero-order valence-electron chi connectivity index (χ0n) is 17.1. The molecule has 0 spiro atoms. The molecule has 0 aliphatic heterocycles. The average Bonchev–Trinajstić information content (AvgIpc) is 3.18. The predicted molar refractivity (Wildman–Crippen MR) is 117 cm³/mol. The molecule has 3 aliphatic rings. The maximum atomic E-state index is 9.99. The standard InChI is InChI=1S/3C6H11.C5H3BrO3.Sn/c3*1-2-4-6-5-3-1;6-4-2-1-3(9-4)5(7)8;/h3*1H,2-6H2;1-2H,(H,7,8);/q;;;;+1/p-1. The van der Waals surface area contributed by atoms with E-state index in [-0.39, 0.29) is 5.76 Å². The van der Waals surface area contributed by atoms with Gasteiger partial charge in [-0.2, -0.15) is 0 Å². The third-order valence-corrected chi connectivity index (χ3v) is 20.4. The largest absolute Gasteiger partial charge is 0.542 e. The molecule has 1 aromatic rings. The van der Waals surface area contributed by atoms with Gasteiger partial charge in [0.05, 0.1) is 0 Å². The number of hydrogen-bond donors (Lipinski definition) is 0. The van der Waals surface area contributed by atoms with E-state index in [1.54, 1.807) is 96.3 Å². The maximum absolute atomic E-state index is 9.99. The monoisotopic (exact) mass is 558 g/mol. The molecule has 0 radical (unpaired) electrons. The topological polar surface area (TPSA) is 53.3 Å². The van der Waals surface area contributed by atoms with E-state index in [2.05, 4.69) is 20.3 Å². The van der Waals surface area contributed by atoms with Crippen molar-refractivity contribution in [1.29, 1.82) is 0 Å². The van der Waals surface area contributed by atoms with E-state index in [9.17, 15) is 9.90 Å². The van der Waals surface area contributed by atoms with Gasteiger partial charge in [0.15, 0.2) is 10.4 Å². The summed E-state index contributed by atoms with van der Waals surface area (Å²) in [5.74, 6) is -1.47. The van der Waals surface area contributed by atoms with Gasteiger partial charge in [-0.15, -0.1) is 0 Å². The molecule has 28 heavy (non-hydrogen) atoms. The van der Waals surface area contributed by atoms with Crippen LogP contribution < -0.4 is 5.11 Å². The number of aromatic carboxylic acids is 1. The summed E-state index contributed by atoms with van der Waals surface area (Å²) < 4.78 is 8.95. The van der Waals surface area contributed by atoms with E-state index >= 15 is 0 Å². The molecule has 3 fully saturated rings. The molecule has 156 valence electrons. The summed E-state index contributed by atoms with van der Waals surface area (Å²) in [6, 6.07) is 2.81. The number of carboxylic acids is 1. The van der Waals surface area contributed by atoms with Crippen LogP contribution in [0.1, 0.15) is 107 Å². The van der Waals surface area contributed by atoms with Gasteiger partial charge in [-0.05, 0) is 28.1 Å². The third kappa shape index (κ3) is 6.78. The molecular formula is C23H35BrO3Sn. The molecule has 0 N–H and O–H groups in total. The maximum Gasteiger partial charge on any atom is 0.169 e. The fourth-order valence-corrected chi connectivity index (χ4v) is 21.0. The molecule has 0 aromatic carbocycles. The van der Waals surface area contributed by atoms with Crippen LogP contribution in [0.25, 0.3) is 0 Å². The Morgan fingerprint density at radius 2 is 1.18 bits per heavy atom. The Balaban J connectivity index is 0.000000211. The van der Waals surface area contributed by atoms with E-state index in [4.69, 9.17) is 0 Å². The Labute approximate surface area is 185 Å². The molecule has 1 heterocycles. The fourth-order valence-electron chi connectivity index (χ4n) is 5.73. The minimum Gasteiger partial charge on any atom is -0.542 e. The number of carboxylic acid groups (broad SMARTS) is 1. The van der Waals surface area contributed by atoms with Crippen LogP contribution in [-0.4, -0.2) is 25.7 Å². The van der Waals surface area contributed by atoms with Crippen molar-refractivity contribution < 1.29 is 14.3 Å². The molecule has 4 rings (SSSR count). The number of rotatable bonds is 4. The van der Waals surface area contributed by atoms with Crippen LogP contribution in [0.5, 0.6) is 0 Å². The van der Waals surface area contributed by atoms with Gasteiger partial charge in [-0.25, -0.2) is 0 Å². The molecule has 0 saturated heterocycles. The molecule has 0 unspecified atom stereocenters. The Morgan fingerprint density at radius 1 is 0.786 bits per heavy atom. The van der Waals surface area contributed by atoms with Crippen molar-refractivity contribution in [3.63, 3.8) is 0 Å². The van der Waals surface area contributed by atoms with Crippen LogP contribution in [0.4, 0.5) is 0 Å². The van der Waals surface area contributed by atoms with E-state index in [0.717, 1.165) is 0 Å². The Kier molecular flexibility index (Phi) is 9.75. The van der Waals surface area contributed by atoms with Crippen LogP contribution in [0.3, 0.4) is 0 Å². The molecule has 3 aliphatic carbocycles. The summed E-state index contributed by atoms with van der Waals surface area (Å²) in [6.45, 7) is 0. The van der Waals surface area contributed by atoms with Gasteiger partial charge in [0.2, 0.25) is 0 Å². The summed E-state index contributed by atoms with van der Waals surface area (Å²) in [4.78, 5) is 9.99. The van der Waals surface area contributed by atoms with Crippen molar-refractivity contribution in [2.24, 2.45) is 0 Å². The summed E-state index contributed by atoms with van der Waals surface area (Å²) in [5, 5.41) is 9.99. The molecule has 3 nitrogen and oxygen atoms in total. The van der Waals surface area contributed by atoms with Crippen molar-refractivity contribution in [2.75, 3.05) is 0 Å². The fraction of sp³-hybridized carbons (Fsp3) is 0.783. The SMILES string of the molecule is C1CC[CH]([Sn+]([CH]2CCCCC2)[CH]2CCCCC2)CC1.O=C([O-])c1ccc(Br)o1. The van der Waals surface area contributed by atoms with Gasteiger partial charge in [0.1, 0.15) is 5.97 Å². The minimum atomic E-state index is -1.30. The second-order valence-corrected chi connectivity index (χ2v) is 19.5. The molecular weight excluding hydrogens is 523 g/mol. The Hall–Kier alpha value is 0.0287. The van der Waals surface area contributed by atoms with Crippen LogP contribution >= 0.6 is 15.9 Å². The minimum absolute atomic E-state index is 0.165. The molecule has 0 atom stereocenters. The van der Waals surface area contributed by atoms with Gasteiger partial charge >= 0.3 is 128 Å². The quantitative estimate of drug-likeness (QED) is 0.379. The molecule has 3 saturated carbocycles. The van der Waals surface area contributed by atoms with Gasteiger partial charge in [-0.3, -0.25) is 0 Å². The first-order valence-corrected chi connectivity index (χ1v) is 17.2. The van der Waals surface area contributed by atoms with E-state index in [1.807, 2.05) is 0 Å². The van der Waals surface area contributed by atoms with Crippen LogP contribution in [0.15, 0.2) is 21.2 Å². The van der Waals surface area contributed by atoms with Crippen LogP contribution in [0.2, 0.25) is 11.8 Å². The smallest absolute Gasteiger partial charge is 0.169 e. The number of halogens is 1. The molecule has 0 bridgehead atoms. The average molecular weight is 558 g/mol. The Bertz CT molecular complexity index is 542. The first-order valence-electron chi connectivity index (χ1n) is 11.5. The molecule has 0 amide bonds. The van der Waals surface area contributed by atoms with Crippen LogP contribution in [-0.2, 0) is 0 Å². The normalized spacial score (nSPS) is 22.3. The van der Waals surface area contributed by atoms with Crippen molar-refractivity contribution >= 4 is 41.7 Å². The first kappa shape index (κ1) is 22.7. The summed E-state index contributed by atoms with van der Waals surface area (Å²) >= 11 is 1.79. The van der Waals surface area contributed by atoms with Gasteiger partial charge < -0.3 is 14.3 Å². The van der Waals surface area contributed by atoms with Gasteiger partial charge in [0, 0.05) is 0 Å². The zero-order chi connectivity index (χ0) is 19.8. The molecule has 1 aromatic heterocycles. The second kappa shape index (κ2) is 12.0. The second-order valence-electron chi connectivity index (χ2n) is 8.90. The van der Waals surface area contributed by atoms with Crippen LogP contribution in [0, 0.1) is 0 Å². The Morgan fingerprint density at radius 3 is 1.43 bits per heavy atom. The summed E-state index contributed by atoms with van der Waals surface area (Å²) in [7, 11) is 0.